The number of aliphatic hydroxyl groups is 1. The van der Waals surface area contributed by atoms with Crippen LogP contribution in [0.15, 0.2) is 12.2 Å². The van der Waals surface area contributed by atoms with E-state index in [0.717, 1.165) is 51.4 Å². The van der Waals surface area contributed by atoms with Crippen molar-refractivity contribution in [3.05, 3.63) is 12.2 Å². The molecule has 0 bridgehead atoms. The zero-order valence-electron chi connectivity index (χ0n) is 14.7. The molecule has 3 nitrogen and oxygen atoms in total. The number of unbranched alkanes of at least 4 members (excludes halogenated alkanes) is 9. The predicted octanol–water partition coefficient (Wildman–Crippen LogP) is 0.749. The van der Waals surface area contributed by atoms with Crippen LogP contribution in [0, 0.1) is 0 Å². The molecule has 0 fully saturated rings. The van der Waals surface area contributed by atoms with Gasteiger partial charge in [-0.05, 0) is 32.1 Å². The Bertz CT molecular complexity index is 267. The van der Waals surface area contributed by atoms with Crippen molar-refractivity contribution in [1.29, 1.82) is 0 Å². The molecule has 0 aromatic carbocycles. The van der Waals surface area contributed by atoms with E-state index in [4.69, 9.17) is 0 Å². The van der Waals surface area contributed by atoms with Crippen LogP contribution in [-0.2, 0) is 4.79 Å². The van der Waals surface area contributed by atoms with Crippen LogP contribution in [0.25, 0.3) is 0 Å². The van der Waals surface area contributed by atoms with E-state index in [-0.39, 0.29) is 63.9 Å². The van der Waals surface area contributed by atoms with Crippen LogP contribution < -0.4 is 56.5 Å². The minimum absolute atomic E-state index is 0. The van der Waals surface area contributed by atoms with E-state index in [1.807, 2.05) is 6.08 Å². The van der Waals surface area contributed by atoms with E-state index in [1.165, 1.54) is 25.7 Å². The Labute approximate surface area is 179 Å². The molecule has 0 aromatic rings. The van der Waals surface area contributed by atoms with Gasteiger partial charge in [-0.1, -0.05) is 70.4 Å². The molecule has 1 N–H and O–H groups in total. The Hall–Kier alpha value is 0.806. The second kappa shape index (κ2) is 19.9. The Morgan fingerprint density at radius 3 is 2.23 bits per heavy atom. The summed E-state index contributed by atoms with van der Waals surface area (Å²) in [5, 5.41) is 20.0. The molecular formula is C18H33KO3. The van der Waals surface area contributed by atoms with E-state index >= 15 is 0 Å². The van der Waals surface area contributed by atoms with E-state index in [0.29, 0.717) is 0 Å². The van der Waals surface area contributed by atoms with Gasteiger partial charge in [-0.2, -0.15) is 0 Å². The van der Waals surface area contributed by atoms with Crippen molar-refractivity contribution in [3.63, 3.8) is 0 Å². The first kappa shape index (κ1) is 25.1. The standard InChI is InChI=1S/C18H34O3.K/c1-2-3-4-5-8-11-14-17(19)15-12-9-6-7-10-13-16-18(20)21;/h11,14,17,19H,2-10,12-13,15-16H2,1H3,(H,20,21);/q;+1/p-1/b14-11+;. The molecule has 4 heteroatoms. The number of allylic oxidation sites excluding steroid dienone is 1. The van der Waals surface area contributed by atoms with Gasteiger partial charge in [-0.25, -0.2) is 0 Å². The van der Waals surface area contributed by atoms with Crippen LogP contribution in [-0.4, -0.2) is 17.2 Å². The second-order valence-corrected chi connectivity index (χ2v) is 5.88. The molecule has 0 aliphatic carbocycles. The van der Waals surface area contributed by atoms with Crippen LogP contribution in [0.5, 0.6) is 0 Å². The molecule has 0 amide bonds. The summed E-state index contributed by atoms with van der Waals surface area (Å²) < 4.78 is 0. The maximum Gasteiger partial charge on any atom is 1.00 e. The zero-order chi connectivity index (χ0) is 15.8. The molecule has 0 aliphatic rings. The maximum absolute atomic E-state index is 10.2. The number of rotatable bonds is 15. The van der Waals surface area contributed by atoms with Gasteiger partial charge in [0.15, 0.2) is 0 Å². The Kier molecular flexibility index (Phi) is 22.6. The van der Waals surface area contributed by atoms with Crippen LogP contribution in [0.4, 0.5) is 0 Å². The minimum atomic E-state index is -0.945. The summed E-state index contributed by atoms with van der Waals surface area (Å²) >= 11 is 0. The molecule has 124 valence electrons. The van der Waals surface area contributed by atoms with Crippen molar-refractivity contribution in [2.75, 3.05) is 0 Å². The van der Waals surface area contributed by atoms with E-state index < -0.39 is 5.97 Å². The number of hydrogen-bond acceptors (Lipinski definition) is 3. The van der Waals surface area contributed by atoms with Gasteiger partial charge in [0.05, 0.1) is 6.10 Å². The summed E-state index contributed by atoms with van der Waals surface area (Å²) in [6.45, 7) is 2.21. The number of carboxylic acid groups (broad SMARTS) is 1. The predicted molar refractivity (Wildman–Crippen MR) is 85.8 cm³/mol. The van der Waals surface area contributed by atoms with Crippen molar-refractivity contribution in [2.24, 2.45) is 0 Å². The fraction of sp³-hybridized carbons (Fsp3) is 0.833. The minimum Gasteiger partial charge on any atom is -0.550 e. The maximum atomic E-state index is 10.2. The number of hydrogen-bond donors (Lipinski definition) is 1. The molecule has 22 heavy (non-hydrogen) atoms. The fourth-order valence-corrected chi connectivity index (χ4v) is 2.37. The van der Waals surface area contributed by atoms with Crippen molar-refractivity contribution in [2.45, 2.75) is 96.5 Å². The molecule has 0 aromatic heterocycles. The van der Waals surface area contributed by atoms with Gasteiger partial charge >= 0.3 is 51.4 Å². The number of aliphatic carboxylic acids is 1. The third-order valence-electron chi connectivity index (χ3n) is 3.71. The van der Waals surface area contributed by atoms with E-state index in [2.05, 4.69) is 13.0 Å². The first-order valence-electron chi connectivity index (χ1n) is 8.71. The van der Waals surface area contributed by atoms with Gasteiger partial charge in [-0.15, -0.1) is 0 Å². The van der Waals surface area contributed by atoms with Gasteiger partial charge in [0.2, 0.25) is 0 Å². The summed E-state index contributed by atoms with van der Waals surface area (Å²) in [5.41, 5.74) is 0. The molecule has 0 heterocycles. The number of carbonyl (C=O) groups excluding carboxylic acids is 1. The first-order chi connectivity index (χ1) is 10.2. The van der Waals surface area contributed by atoms with Crippen molar-refractivity contribution >= 4 is 5.97 Å². The van der Waals surface area contributed by atoms with Gasteiger partial charge in [0, 0.05) is 5.97 Å². The molecule has 0 saturated carbocycles. The molecule has 0 spiro atoms. The summed E-state index contributed by atoms with van der Waals surface area (Å²) in [6.07, 6.45) is 17.0. The summed E-state index contributed by atoms with van der Waals surface area (Å²) in [6, 6.07) is 0. The zero-order valence-corrected chi connectivity index (χ0v) is 17.8. The number of aliphatic hydroxyl groups excluding tert-OH is 1. The Balaban J connectivity index is 0. The average molecular weight is 337 g/mol. The summed E-state index contributed by atoms with van der Waals surface area (Å²) in [7, 11) is 0. The average Bonchev–Trinajstić information content (AvgIpc) is 2.45. The number of carboxylic acids is 1. The topological polar surface area (TPSA) is 60.4 Å². The van der Waals surface area contributed by atoms with Crippen molar-refractivity contribution in [1.82, 2.24) is 0 Å². The van der Waals surface area contributed by atoms with E-state index in [9.17, 15) is 15.0 Å². The normalized spacial score (nSPS) is 12.3. The quantitative estimate of drug-likeness (QED) is 0.273. The van der Waals surface area contributed by atoms with Gasteiger partial charge in [0.25, 0.3) is 0 Å². The SMILES string of the molecule is CCCCCC/C=C/C(O)CCCCCCCCC(=O)[O-].[K+]. The first-order valence-corrected chi connectivity index (χ1v) is 8.71. The van der Waals surface area contributed by atoms with Gasteiger partial charge in [-0.3, -0.25) is 0 Å². The van der Waals surface area contributed by atoms with Gasteiger partial charge < -0.3 is 15.0 Å². The molecular weight excluding hydrogens is 303 g/mol. The molecule has 1 atom stereocenters. The Morgan fingerprint density at radius 2 is 1.59 bits per heavy atom. The van der Waals surface area contributed by atoms with Crippen LogP contribution in [0.3, 0.4) is 0 Å². The van der Waals surface area contributed by atoms with Gasteiger partial charge in [0.1, 0.15) is 0 Å². The van der Waals surface area contributed by atoms with Crippen LogP contribution in [0.2, 0.25) is 0 Å². The third kappa shape index (κ3) is 20.8. The summed E-state index contributed by atoms with van der Waals surface area (Å²) in [4.78, 5) is 10.2. The van der Waals surface area contributed by atoms with Crippen molar-refractivity contribution in [3.8, 4) is 0 Å². The summed E-state index contributed by atoms with van der Waals surface area (Å²) in [5.74, 6) is -0.945. The molecule has 0 aliphatic heterocycles. The van der Waals surface area contributed by atoms with Crippen LogP contribution >= 0.6 is 0 Å². The number of carbonyl (C=O) groups is 1. The van der Waals surface area contributed by atoms with Crippen molar-refractivity contribution < 1.29 is 66.4 Å². The monoisotopic (exact) mass is 336 g/mol. The largest absolute Gasteiger partial charge is 1.00 e. The smallest absolute Gasteiger partial charge is 0.550 e. The second-order valence-electron chi connectivity index (χ2n) is 5.88. The Morgan fingerprint density at radius 1 is 1.00 bits per heavy atom. The fourth-order valence-electron chi connectivity index (χ4n) is 2.37. The van der Waals surface area contributed by atoms with E-state index in [1.54, 1.807) is 0 Å². The molecule has 0 rings (SSSR count). The van der Waals surface area contributed by atoms with Crippen LogP contribution in [0.1, 0.15) is 90.4 Å². The third-order valence-corrected chi connectivity index (χ3v) is 3.71. The molecule has 0 radical (unpaired) electrons. The molecule has 1 unspecified atom stereocenters. The molecule has 0 saturated heterocycles.